The first-order valence-electron chi connectivity index (χ1n) is 12.0. The third kappa shape index (κ3) is 6.28. The Kier molecular flexibility index (Phi) is 7.93. The number of rotatable bonds is 6. The van der Waals surface area contributed by atoms with E-state index in [-0.39, 0.29) is 17.2 Å². The summed E-state index contributed by atoms with van der Waals surface area (Å²) in [7, 11) is 1.53. The highest BCUT2D eigenvalue weighted by Gasteiger charge is 2.38. The summed E-state index contributed by atoms with van der Waals surface area (Å²) in [5.41, 5.74) is -1.08. The van der Waals surface area contributed by atoms with E-state index in [2.05, 4.69) is 10.6 Å². The van der Waals surface area contributed by atoms with E-state index in [0.29, 0.717) is 17.2 Å². The Balaban J connectivity index is 1.60. The zero-order chi connectivity index (χ0) is 29.2. The smallest absolute Gasteiger partial charge is 0.369 e. The average molecular weight is 559 g/mol. The molecule has 0 aliphatic rings. The van der Waals surface area contributed by atoms with E-state index in [9.17, 15) is 36.2 Å². The van der Waals surface area contributed by atoms with Gasteiger partial charge in [-0.05, 0) is 59.5 Å². The van der Waals surface area contributed by atoms with Crippen LogP contribution in [0.3, 0.4) is 0 Å². The van der Waals surface area contributed by atoms with Gasteiger partial charge in [-0.1, -0.05) is 60.2 Å². The fourth-order valence-electron chi connectivity index (χ4n) is 4.29. The predicted octanol–water partition coefficient (Wildman–Crippen LogP) is 7.83. The van der Waals surface area contributed by atoms with Crippen LogP contribution in [-0.4, -0.2) is 18.1 Å². The van der Waals surface area contributed by atoms with Crippen molar-refractivity contribution in [3.63, 3.8) is 0 Å². The van der Waals surface area contributed by atoms with Crippen LogP contribution in [0.1, 0.15) is 38.8 Å². The lowest BCUT2D eigenvalue weighted by molar-refractivity contribution is -0.139. The van der Waals surface area contributed by atoms with Crippen LogP contribution in [0, 0.1) is 6.92 Å². The number of benzene rings is 4. The molecule has 0 bridgehead atoms. The van der Waals surface area contributed by atoms with Crippen molar-refractivity contribution in [1.29, 1.82) is 0 Å². The Morgan fingerprint density at radius 1 is 0.725 bits per heavy atom. The van der Waals surface area contributed by atoms with Crippen LogP contribution in [0.5, 0.6) is 0 Å². The first-order chi connectivity index (χ1) is 18.8. The molecule has 1 unspecified atom stereocenters. The van der Waals surface area contributed by atoms with Gasteiger partial charge < -0.3 is 15.7 Å². The van der Waals surface area contributed by atoms with Crippen molar-refractivity contribution >= 4 is 11.6 Å². The van der Waals surface area contributed by atoms with Gasteiger partial charge in [-0.2, -0.15) is 26.3 Å². The summed E-state index contributed by atoms with van der Waals surface area (Å²) in [6, 6.07) is 19.4. The summed E-state index contributed by atoms with van der Waals surface area (Å²) in [6.45, 7) is 1.42. The van der Waals surface area contributed by atoms with E-state index in [4.69, 9.17) is 0 Å². The molecule has 208 valence electrons. The average Bonchev–Trinajstić information content (AvgIpc) is 2.92. The molecular formula is C30H24F6N2O2. The molecule has 1 amide bonds. The number of halogens is 6. The van der Waals surface area contributed by atoms with Gasteiger partial charge >= 0.3 is 12.4 Å². The normalized spacial score (nSPS) is 12.6. The minimum absolute atomic E-state index is 0.127. The Hall–Kier alpha value is -4.31. The lowest BCUT2D eigenvalue weighted by Gasteiger charge is -2.21. The second kappa shape index (κ2) is 11.1. The number of hydrogen-bond donors (Lipinski definition) is 3. The summed E-state index contributed by atoms with van der Waals surface area (Å²) in [5.74, 6) is -0.225. The highest BCUT2D eigenvalue weighted by atomic mass is 19.4. The zero-order valence-electron chi connectivity index (χ0n) is 21.3. The molecule has 40 heavy (non-hydrogen) atoms. The molecule has 0 heterocycles. The zero-order valence-corrected chi connectivity index (χ0v) is 21.3. The molecule has 4 aromatic carbocycles. The van der Waals surface area contributed by atoms with Gasteiger partial charge in [0.1, 0.15) is 0 Å². The lowest BCUT2D eigenvalue weighted by Crippen LogP contribution is -2.17. The maximum Gasteiger partial charge on any atom is 0.417 e. The molecule has 4 aromatic rings. The van der Waals surface area contributed by atoms with Gasteiger partial charge in [0.2, 0.25) is 0 Å². The van der Waals surface area contributed by atoms with E-state index >= 15 is 0 Å². The summed E-state index contributed by atoms with van der Waals surface area (Å²) in [5, 5.41) is 15.7. The second-order valence-electron chi connectivity index (χ2n) is 9.13. The Labute approximate surface area is 226 Å². The molecule has 0 spiro atoms. The van der Waals surface area contributed by atoms with Crippen LogP contribution >= 0.6 is 0 Å². The predicted molar refractivity (Wildman–Crippen MR) is 140 cm³/mol. The number of aliphatic hydroxyl groups is 1. The fraction of sp³-hybridized carbons (Fsp3) is 0.167. The summed E-state index contributed by atoms with van der Waals surface area (Å²) < 4.78 is 82.9. The molecule has 0 saturated carbocycles. The fourth-order valence-corrected chi connectivity index (χ4v) is 4.29. The number of amides is 1. The lowest BCUT2D eigenvalue weighted by atomic mass is 9.93. The van der Waals surface area contributed by atoms with Gasteiger partial charge in [0.25, 0.3) is 5.91 Å². The molecule has 0 fully saturated rings. The topological polar surface area (TPSA) is 61.4 Å². The molecule has 0 aliphatic heterocycles. The molecule has 4 nitrogen and oxygen atoms in total. The van der Waals surface area contributed by atoms with Crippen LogP contribution in [0.25, 0.3) is 22.3 Å². The van der Waals surface area contributed by atoms with Crippen molar-refractivity contribution < 1.29 is 36.2 Å². The molecule has 0 saturated heterocycles. The number of carbonyl (C=O) groups excluding carboxylic acids is 1. The maximum atomic E-state index is 14.0. The Bertz CT molecular complexity index is 1510. The van der Waals surface area contributed by atoms with Gasteiger partial charge in [0.15, 0.2) is 6.23 Å². The number of alkyl halides is 6. The first kappa shape index (κ1) is 28.7. The number of nitrogens with one attached hydrogen (secondary N) is 2. The molecule has 0 aliphatic carbocycles. The number of aryl methyl sites for hydroxylation is 1. The van der Waals surface area contributed by atoms with Crippen molar-refractivity contribution in [1.82, 2.24) is 5.32 Å². The third-order valence-electron chi connectivity index (χ3n) is 6.33. The van der Waals surface area contributed by atoms with E-state index in [1.165, 1.54) is 26.1 Å². The highest BCUT2D eigenvalue weighted by Crippen LogP contribution is 2.44. The number of carbonyl (C=O) groups is 1. The summed E-state index contributed by atoms with van der Waals surface area (Å²) in [6.07, 6.45) is -11.2. The van der Waals surface area contributed by atoms with Gasteiger partial charge in [-0.25, -0.2) is 0 Å². The maximum absolute atomic E-state index is 14.0. The van der Waals surface area contributed by atoms with Gasteiger partial charge in [0, 0.05) is 23.9 Å². The Morgan fingerprint density at radius 3 is 1.75 bits per heavy atom. The highest BCUT2D eigenvalue weighted by molar-refractivity contribution is 5.94. The number of hydrogen-bond acceptors (Lipinski definition) is 3. The first-order valence-corrected chi connectivity index (χ1v) is 12.0. The van der Waals surface area contributed by atoms with Crippen molar-refractivity contribution in [2.24, 2.45) is 0 Å². The van der Waals surface area contributed by atoms with E-state index < -0.39 is 40.8 Å². The quantitative estimate of drug-likeness (QED) is 0.167. The van der Waals surface area contributed by atoms with Crippen LogP contribution in [0.2, 0.25) is 0 Å². The number of anilines is 1. The minimum Gasteiger partial charge on any atom is -0.369 e. The largest absolute Gasteiger partial charge is 0.417 e. The monoisotopic (exact) mass is 558 g/mol. The SMILES string of the molecule is CNC(=O)c1ccc(-c2ccc(C(O)Nc3ccc(-c4ccc(C)cc4C(F)(F)F)c(C(F)(F)F)c3)cc2)cc1. The van der Waals surface area contributed by atoms with E-state index in [0.717, 1.165) is 29.3 Å². The van der Waals surface area contributed by atoms with Gasteiger partial charge in [-0.3, -0.25) is 4.79 Å². The van der Waals surface area contributed by atoms with Crippen LogP contribution in [-0.2, 0) is 12.4 Å². The Morgan fingerprint density at radius 2 is 1.23 bits per heavy atom. The van der Waals surface area contributed by atoms with Crippen LogP contribution < -0.4 is 10.6 Å². The van der Waals surface area contributed by atoms with Crippen molar-refractivity contribution in [2.45, 2.75) is 25.5 Å². The van der Waals surface area contributed by atoms with Crippen molar-refractivity contribution in [3.05, 3.63) is 113 Å². The number of aliphatic hydroxyl groups excluding tert-OH is 1. The van der Waals surface area contributed by atoms with E-state index in [1.54, 1.807) is 48.5 Å². The molecule has 0 aromatic heterocycles. The molecular weight excluding hydrogens is 534 g/mol. The van der Waals surface area contributed by atoms with E-state index in [1.807, 2.05) is 0 Å². The molecule has 10 heteroatoms. The van der Waals surface area contributed by atoms with Crippen LogP contribution in [0.15, 0.2) is 84.9 Å². The molecule has 0 radical (unpaired) electrons. The standard InChI is InChI=1S/C30H24F6N2O2/c1-17-3-13-23(25(15-17)29(31,32)33)24-14-12-22(16-26(24)30(34,35)36)38-28(40)21-10-6-19(7-11-21)18-4-8-20(9-5-18)27(39)37-2/h3-16,28,38,40H,1-2H3,(H,37,39). The third-order valence-corrected chi connectivity index (χ3v) is 6.33. The van der Waals surface area contributed by atoms with Gasteiger partial charge in [0.05, 0.1) is 11.1 Å². The van der Waals surface area contributed by atoms with Crippen molar-refractivity contribution in [3.8, 4) is 22.3 Å². The van der Waals surface area contributed by atoms with Gasteiger partial charge in [-0.15, -0.1) is 0 Å². The molecule has 4 rings (SSSR count). The summed E-state index contributed by atoms with van der Waals surface area (Å²) >= 11 is 0. The summed E-state index contributed by atoms with van der Waals surface area (Å²) in [4.78, 5) is 11.7. The second-order valence-corrected chi connectivity index (χ2v) is 9.13. The molecule has 3 N–H and O–H groups in total. The van der Waals surface area contributed by atoms with Crippen molar-refractivity contribution in [2.75, 3.05) is 12.4 Å². The van der Waals surface area contributed by atoms with Crippen LogP contribution in [0.4, 0.5) is 32.0 Å². The minimum atomic E-state index is -4.96. The molecule has 1 atom stereocenters.